The van der Waals surface area contributed by atoms with Crippen LogP contribution in [0.3, 0.4) is 0 Å². The van der Waals surface area contributed by atoms with Gasteiger partial charge in [0.2, 0.25) is 0 Å². The third kappa shape index (κ3) is 3.16. The van der Waals surface area contributed by atoms with E-state index >= 15 is 0 Å². The maximum atomic E-state index is 11.8. The second-order valence-corrected chi connectivity index (χ2v) is 4.24. The number of amides is 1. The molecule has 0 radical (unpaired) electrons. The molecular formula is C13H14N4O4. The van der Waals surface area contributed by atoms with Crippen molar-refractivity contribution in [2.75, 3.05) is 7.05 Å². The van der Waals surface area contributed by atoms with Gasteiger partial charge >= 0.3 is 5.97 Å². The van der Waals surface area contributed by atoms with Crippen LogP contribution in [0, 0.1) is 0 Å². The molecule has 1 unspecified atom stereocenters. The van der Waals surface area contributed by atoms with Crippen molar-refractivity contribution in [1.29, 1.82) is 0 Å². The number of rotatable bonds is 5. The number of nitrogens with zero attached hydrogens (tertiary/aromatic N) is 2. The van der Waals surface area contributed by atoms with E-state index in [1.807, 2.05) is 0 Å². The lowest BCUT2D eigenvalue weighted by molar-refractivity contribution is 0.0691. The summed E-state index contributed by atoms with van der Waals surface area (Å²) in [7, 11) is 1.45. The highest BCUT2D eigenvalue weighted by molar-refractivity contribution is 5.97. The summed E-state index contributed by atoms with van der Waals surface area (Å²) in [6.07, 6.45) is 2.64. The van der Waals surface area contributed by atoms with Crippen molar-refractivity contribution in [2.24, 2.45) is 0 Å². The number of aromatic nitrogens is 3. The Bertz CT molecular complexity index is 653. The molecule has 0 fully saturated rings. The van der Waals surface area contributed by atoms with Gasteiger partial charge < -0.3 is 20.1 Å². The summed E-state index contributed by atoms with van der Waals surface area (Å²) >= 11 is 0. The van der Waals surface area contributed by atoms with Crippen molar-refractivity contribution < 1.29 is 19.4 Å². The van der Waals surface area contributed by atoms with Gasteiger partial charge in [-0.05, 0) is 13.0 Å². The van der Waals surface area contributed by atoms with Crippen LogP contribution < -0.4 is 10.1 Å². The molecule has 2 rings (SSSR count). The van der Waals surface area contributed by atoms with Gasteiger partial charge in [-0.25, -0.2) is 4.79 Å². The monoisotopic (exact) mass is 290 g/mol. The van der Waals surface area contributed by atoms with Gasteiger partial charge in [-0.15, -0.1) is 0 Å². The van der Waals surface area contributed by atoms with Crippen molar-refractivity contribution in [1.82, 2.24) is 20.5 Å². The van der Waals surface area contributed by atoms with Gasteiger partial charge in [0.15, 0.2) is 5.75 Å². The maximum absolute atomic E-state index is 11.8. The standard InChI is InChI=1S/C13H14N4O4/c1-7(8-3-4-15-16-6-8)21-10-5-9(13(19)20)17-11(10)12(18)14-2/h3-7,17H,1-2H3,(H,14,18)(H,19,20). The normalized spacial score (nSPS) is 11.7. The highest BCUT2D eigenvalue weighted by atomic mass is 16.5. The van der Waals surface area contributed by atoms with Crippen molar-refractivity contribution in [3.63, 3.8) is 0 Å². The van der Waals surface area contributed by atoms with Gasteiger partial charge in [0, 0.05) is 24.9 Å². The van der Waals surface area contributed by atoms with Gasteiger partial charge in [-0.1, -0.05) is 0 Å². The summed E-state index contributed by atoms with van der Waals surface area (Å²) in [5.74, 6) is -1.47. The molecule has 0 aromatic carbocycles. The molecule has 0 saturated heterocycles. The number of carboxylic acids is 1. The molecule has 2 aromatic rings. The molecule has 2 heterocycles. The number of carbonyl (C=O) groups is 2. The minimum Gasteiger partial charge on any atom is -0.483 e. The Kier molecular flexibility index (Phi) is 4.17. The Labute approximate surface area is 120 Å². The zero-order valence-electron chi connectivity index (χ0n) is 11.5. The Morgan fingerprint density at radius 2 is 2.19 bits per heavy atom. The number of aromatic amines is 1. The van der Waals surface area contributed by atoms with Crippen molar-refractivity contribution in [2.45, 2.75) is 13.0 Å². The van der Waals surface area contributed by atoms with E-state index in [-0.39, 0.29) is 17.1 Å². The Morgan fingerprint density at radius 1 is 1.43 bits per heavy atom. The highest BCUT2D eigenvalue weighted by Gasteiger charge is 2.21. The molecule has 0 saturated carbocycles. The van der Waals surface area contributed by atoms with E-state index in [1.54, 1.807) is 13.0 Å². The second-order valence-electron chi connectivity index (χ2n) is 4.24. The first-order chi connectivity index (χ1) is 10.0. The predicted octanol–water partition coefficient (Wildman–Crippen LogP) is 1.00. The van der Waals surface area contributed by atoms with E-state index in [9.17, 15) is 9.59 Å². The van der Waals surface area contributed by atoms with Gasteiger partial charge in [0.1, 0.15) is 17.5 Å². The van der Waals surface area contributed by atoms with Gasteiger partial charge in [0.05, 0.1) is 6.20 Å². The minimum absolute atomic E-state index is 0.0590. The Hall–Kier alpha value is -2.90. The highest BCUT2D eigenvalue weighted by Crippen LogP contribution is 2.26. The number of carbonyl (C=O) groups excluding carboxylic acids is 1. The Balaban J connectivity index is 2.30. The first-order valence-electron chi connectivity index (χ1n) is 6.14. The molecule has 8 nitrogen and oxygen atoms in total. The van der Waals surface area contributed by atoms with Crippen molar-refractivity contribution in [3.05, 3.63) is 41.5 Å². The molecule has 1 amide bonds. The fourth-order valence-corrected chi connectivity index (χ4v) is 1.74. The van der Waals surface area contributed by atoms with Crippen LogP contribution in [0.15, 0.2) is 24.5 Å². The lowest BCUT2D eigenvalue weighted by Gasteiger charge is -2.14. The largest absolute Gasteiger partial charge is 0.483 e. The summed E-state index contributed by atoms with van der Waals surface area (Å²) in [4.78, 5) is 25.3. The quantitative estimate of drug-likeness (QED) is 0.756. The first kappa shape index (κ1) is 14.5. The predicted molar refractivity (Wildman–Crippen MR) is 72.2 cm³/mol. The molecule has 1 atom stereocenters. The molecule has 0 aliphatic rings. The van der Waals surface area contributed by atoms with E-state index < -0.39 is 18.0 Å². The fraction of sp³-hybridized carbons (Fsp3) is 0.231. The van der Waals surface area contributed by atoms with Crippen LogP contribution in [0.25, 0.3) is 0 Å². The summed E-state index contributed by atoms with van der Waals surface area (Å²) in [5.41, 5.74) is 0.693. The van der Waals surface area contributed by atoms with Gasteiger partial charge in [-0.3, -0.25) is 4.79 Å². The van der Waals surface area contributed by atoms with Gasteiger partial charge in [-0.2, -0.15) is 10.2 Å². The van der Waals surface area contributed by atoms with Gasteiger partial charge in [0.25, 0.3) is 5.91 Å². The minimum atomic E-state index is -1.17. The fourth-order valence-electron chi connectivity index (χ4n) is 1.74. The second kappa shape index (κ2) is 6.04. The van der Waals surface area contributed by atoms with Crippen LogP contribution in [0.2, 0.25) is 0 Å². The van der Waals surface area contributed by atoms with Crippen LogP contribution >= 0.6 is 0 Å². The number of carboxylic acid groups (broad SMARTS) is 1. The smallest absolute Gasteiger partial charge is 0.352 e. The molecule has 0 aliphatic carbocycles. The molecule has 2 aromatic heterocycles. The molecule has 21 heavy (non-hydrogen) atoms. The number of hydrogen-bond donors (Lipinski definition) is 3. The zero-order valence-corrected chi connectivity index (χ0v) is 11.5. The molecule has 3 N–H and O–H groups in total. The lowest BCUT2D eigenvalue weighted by Crippen LogP contribution is -2.19. The number of ether oxygens (including phenoxy) is 1. The van der Waals surface area contributed by atoms with Crippen LogP contribution in [-0.2, 0) is 0 Å². The number of aromatic carboxylic acids is 1. The molecule has 0 spiro atoms. The number of H-pyrrole nitrogens is 1. The SMILES string of the molecule is CNC(=O)c1[nH]c(C(=O)O)cc1OC(C)c1ccnnc1. The van der Waals surface area contributed by atoms with Crippen molar-refractivity contribution in [3.8, 4) is 5.75 Å². The first-order valence-corrected chi connectivity index (χ1v) is 6.14. The summed E-state index contributed by atoms with van der Waals surface area (Å²) < 4.78 is 5.66. The zero-order chi connectivity index (χ0) is 15.4. The number of hydrogen-bond acceptors (Lipinski definition) is 5. The molecule has 110 valence electrons. The van der Waals surface area contributed by atoms with E-state index in [4.69, 9.17) is 9.84 Å². The maximum Gasteiger partial charge on any atom is 0.352 e. The average Bonchev–Trinajstić information content (AvgIpc) is 2.91. The van der Waals surface area contributed by atoms with E-state index in [1.165, 1.54) is 25.5 Å². The lowest BCUT2D eigenvalue weighted by atomic mass is 10.2. The molecule has 8 heteroatoms. The molecule has 0 bridgehead atoms. The average molecular weight is 290 g/mol. The summed E-state index contributed by atoms with van der Waals surface area (Å²) in [5, 5.41) is 18.8. The number of nitrogens with one attached hydrogen (secondary N) is 2. The summed E-state index contributed by atoms with van der Waals surface area (Å²) in [6.45, 7) is 1.76. The molecular weight excluding hydrogens is 276 g/mol. The summed E-state index contributed by atoms with van der Waals surface area (Å²) in [6, 6.07) is 3.00. The van der Waals surface area contributed by atoms with Crippen LogP contribution in [-0.4, -0.2) is 39.2 Å². The van der Waals surface area contributed by atoms with Crippen molar-refractivity contribution >= 4 is 11.9 Å². The molecule has 0 aliphatic heterocycles. The van der Waals surface area contributed by atoms with E-state index in [0.717, 1.165) is 5.56 Å². The topological polar surface area (TPSA) is 117 Å². The van der Waals surface area contributed by atoms with E-state index in [0.29, 0.717) is 0 Å². The van der Waals surface area contributed by atoms with E-state index in [2.05, 4.69) is 20.5 Å². The van der Waals surface area contributed by atoms with Crippen LogP contribution in [0.1, 0.15) is 39.6 Å². The Morgan fingerprint density at radius 3 is 2.76 bits per heavy atom. The van der Waals surface area contributed by atoms with Crippen LogP contribution in [0.4, 0.5) is 0 Å². The van der Waals surface area contributed by atoms with Crippen LogP contribution in [0.5, 0.6) is 5.75 Å². The third-order valence-corrected chi connectivity index (χ3v) is 2.85. The third-order valence-electron chi connectivity index (χ3n) is 2.85.